The van der Waals surface area contributed by atoms with E-state index in [4.69, 9.17) is 4.99 Å². The van der Waals surface area contributed by atoms with Crippen molar-refractivity contribution in [2.24, 2.45) is 4.99 Å². The number of aliphatic imine (C=N–C) groups is 1. The average Bonchev–Trinajstić information content (AvgIpc) is 3.50. The van der Waals surface area contributed by atoms with Gasteiger partial charge in [-0.15, -0.1) is 0 Å². The lowest BCUT2D eigenvalue weighted by atomic mass is 10.0. The zero-order valence-electron chi connectivity index (χ0n) is 17.3. The van der Waals surface area contributed by atoms with Crippen LogP contribution in [0.25, 0.3) is 0 Å². The molecule has 0 spiro atoms. The van der Waals surface area contributed by atoms with E-state index >= 15 is 0 Å². The number of non-ortho nitro benzene ring substituents is 1. The number of fused-ring (bicyclic) bond motifs is 3. The molecular weight excluding hydrogens is 416 g/mol. The Morgan fingerprint density at radius 3 is 2.28 bits per heavy atom. The molecule has 2 heterocycles. The molecule has 2 aliphatic rings. The van der Waals surface area contributed by atoms with Crippen molar-refractivity contribution in [3.05, 3.63) is 93.0 Å². The fourth-order valence-corrected chi connectivity index (χ4v) is 4.27. The molecule has 8 heteroatoms. The third-order valence-corrected chi connectivity index (χ3v) is 6.02. The van der Waals surface area contributed by atoms with Crippen molar-refractivity contribution < 1.29 is 18.4 Å². The van der Waals surface area contributed by atoms with Crippen molar-refractivity contribution in [1.82, 2.24) is 0 Å². The third kappa shape index (κ3) is 3.37. The van der Waals surface area contributed by atoms with Crippen molar-refractivity contribution in [3.8, 4) is 5.75 Å². The fraction of sp³-hybridized carbons (Fsp3) is 0.208. The van der Waals surface area contributed by atoms with Crippen LogP contribution in [0.1, 0.15) is 28.3 Å². The van der Waals surface area contributed by atoms with Crippen LogP contribution in [0.5, 0.6) is 5.75 Å². The molecule has 0 amide bonds. The highest BCUT2D eigenvalue weighted by Gasteiger charge is 2.54. The van der Waals surface area contributed by atoms with Crippen LogP contribution < -0.4 is 9.64 Å². The van der Waals surface area contributed by atoms with Crippen molar-refractivity contribution in [3.63, 3.8) is 0 Å². The molecule has 32 heavy (non-hydrogen) atoms. The molecule has 1 saturated heterocycles. The maximum absolute atomic E-state index is 12.5. The maximum Gasteiger partial charge on any atom is 0.387 e. The highest BCUT2D eigenvalue weighted by molar-refractivity contribution is 6.14. The lowest BCUT2D eigenvalue weighted by Crippen LogP contribution is -2.17. The van der Waals surface area contributed by atoms with Crippen molar-refractivity contribution in [1.29, 1.82) is 0 Å². The first-order valence-electron chi connectivity index (χ1n) is 10.1. The molecule has 0 bridgehead atoms. The minimum absolute atomic E-state index is 0.0186. The van der Waals surface area contributed by atoms with Crippen LogP contribution in [-0.2, 0) is 0 Å². The molecule has 162 valence electrons. The summed E-state index contributed by atoms with van der Waals surface area (Å²) in [7, 11) is 0. The lowest BCUT2D eigenvalue weighted by molar-refractivity contribution is -0.384. The van der Waals surface area contributed by atoms with Crippen LogP contribution in [0.4, 0.5) is 25.8 Å². The highest BCUT2D eigenvalue weighted by Crippen LogP contribution is 2.55. The minimum atomic E-state index is -2.88. The topological polar surface area (TPSA) is 67.7 Å². The van der Waals surface area contributed by atoms with Crippen LogP contribution in [0.3, 0.4) is 0 Å². The standard InChI is InChI=1S/C24H19F2N3O3/c1-13-11-19-20(12-14(13)2)28-22(16-3-7-17(8-4-16)29(30)31)23(28)21(27-19)15-5-9-18(10-6-15)32-24(25)26/h3-12,22-24H,1-2H3/t22-,23+,28?/m1/s1. The predicted molar refractivity (Wildman–Crippen MR) is 117 cm³/mol. The molecule has 3 aromatic rings. The normalized spacial score (nSPS) is 18.7. The number of halogens is 2. The van der Waals surface area contributed by atoms with Gasteiger partial charge in [-0.1, -0.05) is 12.1 Å². The summed E-state index contributed by atoms with van der Waals surface area (Å²) in [6, 6.07) is 17.1. The first kappa shape index (κ1) is 20.1. The second kappa shape index (κ2) is 7.40. The van der Waals surface area contributed by atoms with Gasteiger partial charge in [0.1, 0.15) is 5.75 Å². The predicted octanol–water partition coefficient (Wildman–Crippen LogP) is 5.88. The Morgan fingerprint density at radius 1 is 1.00 bits per heavy atom. The van der Waals surface area contributed by atoms with Gasteiger partial charge >= 0.3 is 6.61 Å². The van der Waals surface area contributed by atoms with Crippen LogP contribution >= 0.6 is 0 Å². The number of nitro benzene ring substituents is 1. The molecule has 1 fully saturated rings. The highest BCUT2D eigenvalue weighted by atomic mass is 19.3. The van der Waals surface area contributed by atoms with Gasteiger partial charge in [0.05, 0.1) is 34.1 Å². The molecule has 3 aromatic carbocycles. The molecule has 0 N–H and O–H groups in total. The number of benzene rings is 3. The fourth-order valence-electron chi connectivity index (χ4n) is 4.27. The van der Waals surface area contributed by atoms with E-state index < -0.39 is 11.5 Å². The number of rotatable bonds is 5. The van der Waals surface area contributed by atoms with Crippen LogP contribution in [-0.4, -0.2) is 23.3 Å². The smallest absolute Gasteiger partial charge is 0.387 e. The third-order valence-electron chi connectivity index (χ3n) is 6.02. The van der Waals surface area contributed by atoms with Gasteiger partial charge in [-0.05, 0) is 72.5 Å². The summed E-state index contributed by atoms with van der Waals surface area (Å²) in [5.74, 6) is 0.0894. The summed E-state index contributed by atoms with van der Waals surface area (Å²) in [5.41, 5.74) is 6.78. The van der Waals surface area contributed by atoms with Crippen molar-refractivity contribution in [2.75, 3.05) is 4.90 Å². The van der Waals surface area contributed by atoms with Crippen LogP contribution in [0.15, 0.2) is 65.7 Å². The van der Waals surface area contributed by atoms with E-state index in [1.807, 2.05) is 13.0 Å². The SMILES string of the molecule is Cc1cc2c(cc1C)N1[C@H](c3ccc([N+](=O)[O-])cc3)[C@@H]1C(c1ccc(OC(F)F)cc1)=N2. The molecule has 5 rings (SSSR count). The Labute approximate surface area is 182 Å². The molecule has 2 atom stereocenters. The minimum Gasteiger partial charge on any atom is -0.435 e. The first-order valence-corrected chi connectivity index (χ1v) is 10.1. The molecular formula is C24H19F2N3O3. The number of ether oxygens (including phenoxy) is 1. The average molecular weight is 435 g/mol. The second-order valence-electron chi connectivity index (χ2n) is 7.97. The van der Waals surface area contributed by atoms with E-state index in [1.54, 1.807) is 24.3 Å². The van der Waals surface area contributed by atoms with E-state index in [2.05, 4.69) is 22.6 Å². The van der Waals surface area contributed by atoms with Gasteiger partial charge < -0.3 is 9.64 Å². The Morgan fingerprint density at radius 2 is 1.66 bits per heavy atom. The van der Waals surface area contributed by atoms with Crippen LogP contribution in [0.2, 0.25) is 0 Å². The summed E-state index contributed by atoms with van der Waals surface area (Å²) in [5, 5.41) is 11.0. The van der Waals surface area contributed by atoms with Gasteiger partial charge in [0, 0.05) is 12.1 Å². The van der Waals surface area contributed by atoms with Crippen molar-refractivity contribution in [2.45, 2.75) is 32.5 Å². The summed E-state index contributed by atoms with van der Waals surface area (Å²) >= 11 is 0. The number of anilines is 1. The van der Waals surface area contributed by atoms with E-state index in [0.29, 0.717) is 0 Å². The van der Waals surface area contributed by atoms with Crippen molar-refractivity contribution >= 4 is 22.8 Å². The molecule has 0 radical (unpaired) electrons. The number of nitrogens with zero attached hydrogens (tertiary/aromatic N) is 3. The number of hydrogen-bond acceptors (Lipinski definition) is 5. The summed E-state index contributed by atoms with van der Waals surface area (Å²) < 4.78 is 29.5. The van der Waals surface area contributed by atoms with Gasteiger partial charge in [0.25, 0.3) is 5.69 Å². The Bertz CT molecular complexity index is 1240. The molecule has 0 aliphatic carbocycles. The molecule has 0 saturated carbocycles. The van der Waals surface area contributed by atoms with Gasteiger partial charge in [0.2, 0.25) is 0 Å². The number of nitro groups is 1. The monoisotopic (exact) mass is 435 g/mol. The van der Waals surface area contributed by atoms with Gasteiger partial charge in [-0.25, -0.2) is 4.99 Å². The van der Waals surface area contributed by atoms with Gasteiger partial charge in [-0.2, -0.15) is 8.78 Å². The quantitative estimate of drug-likeness (QED) is 0.285. The molecule has 2 aliphatic heterocycles. The van der Waals surface area contributed by atoms with Crippen LogP contribution in [0, 0.1) is 24.0 Å². The second-order valence-corrected chi connectivity index (χ2v) is 7.97. The van der Waals surface area contributed by atoms with Gasteiger partial charge in [-0.3, -0.25) is 10.1 Å². The number of aryl methyl sites for hydroxylation is 2. The largest absolute Gasteiger partial charge is 0.435 e. The summed E-state index contributed by atoms with van der Waals surface area (Å²) in [6.45, 7) is 1.20. The number of hydrogen-bond donors (Lipinski definition) is 0. The Kier molecular flexibility index (Phi) is 4.65. The number of alkyl halides is 2. The lowest BCUT2D eigenvalue weighted by Gasteiger charge is -2.19. The van der Waals surface area contributed by atoms with E-state index in [9.17, 15) is 18.9 Å². The zero-order valence-corrected chi connectivity index (χ0v) is 17.3. The molecule has 6 nitrogen and oxygen atoms in total. The van der Waals surface area contributed by atoms with Gasteiger partial charge in [0.15, 0.2) is 0 Å². The first-order chi connectivity index (χ1) is 15.3. The molecule has 0 unspecified atom stereocenters. The van der Waals surface area contributed by atoms with E-state index in [1.165, 1.54) is 24.3 Å². The summed E-state index contributed by atoms with van der Waals surface area (Å²) in [4.78, 5) is 17.8. The van der Waals surface area contributed by atoms with E-state index in [0.717, 1.165) is 39.3 Å². The zero-order chi connectivity index (χ0) is 22.6. The Balaban J connectivity index is 1.56. The molecule has 0 aromatic heterocycles. The Hall–Kier alpha value is -3.81. The summed E-state index contributed by atoms with van der Waals surface area (Å²) in [6.07, 6.45) is 0. The maximum atomic E-state index is 12.5. The van der Waals surface area contributed by atoms with E-state index in [-0.39, 0.29) is 23.5 Å².